The van der Waals surface area contributed by atoms with Gasteiger partial charge in [-0.15, -0.1) is 0 Å². The van der Waals surface area contributed by atoms with Crippen LogP contribution in [-0.2, 0) is 0 Å². The summed E-state index contributed by atoms with van der Waals surface area (Å²) < 4.78 is 0. The van der Waals surface area contributed by atoms with Gasteiger partial charge in [0.25, 0.3) is 0 Å². The van der Waals surface area contributed by atoms with E-state index in [1.807, 2.05) is 11.8 Å². The molecule has 0 bridgehead atoms. The molecule has 1 aliphatic rings. The van der Waals surface area contributed by atoms with Gasteiger partial charge in [0.05, 0.1) is 0 Å². The van der Waals surface area contributed by atoms with E-state index < -0.39 is 0 Å². The molecule has 2 N–H and O–H groups in total. The van der Waals surface area contributed by atoms with Crippen molar-refractivity contribution in [2.24, 2.45) is 0 Å². The Morgan fingerprint density at radius 3 is 3.00 bits per heavy atom. The van der Waals surface area contributed by atoms with E-state index >= 15 is 0 Å². The van der Waals surface area contributed by atoms with Crippen LogP contribution in [0.1, 0.15) is 13.3 Å². The summed E-state index contributed by atoms with van der Waals surface area (Å²) in [6, 6.07) is 0. The molecule has 0 spiro atoms. The Balaban J connectivity index is 2.13. The summed E-state index contributed by atoms with van der Waals surface area (Å²) in [7, 11) is 0. The SMILES string of the molecule is CSCCNC1(C)CCNC1. The predicted octanol–water partition coefficient (Wildman–Crippen LogP) is 0.691. The summed E-state index contributed by atoms with van der Waals surface area (Å²) in [6.45, 7) is 5.73. The zero-order valence-corrected chi connectivity index (χ0v) is 8.26. The third-order valence-corrected chi connectivity index (χ3v) is 2.84. The van der Waals surface area contributed by atoms with Crippen molar-refractivity contribution >= 4 is 11.8 Å². The Labute approximate surface area is 73.5 Å². The summed E-state index contributed by atoms with van der Waals surface area (Å²) in [6.07, 6.45) is 3.41. The summed E-state index contributed by atoms with van der Waals surface area (Å²) in [5.74, 6) is 1.22. The minimum absolute atomic E-state index is 0.371. The van der Waals surface area contributed by atoms with Crippen LogP contribution in [0.4, 0.5) is 0 Å². The van der Waals surface area contributed by atoms with Gasteiger partial charge < -0.3 is 10.6 Å². The average molecular weight is 174 g/mol. The van der Waals surface area contributed by atoms with Crippen LogP contribution in [0.5, 0.6) is 0 Å². The molecule has 1 saturated heterocycles. The van der Waals surface area contributed by atoms with E-state index in [1.54, 1.807) is 0 Å². The number of rotatable bonds is 4. The Bertz CT molecular complexity index is 111. The molecule has 1 atom stereocenters. The Morgan fingerprint density at radius 1 is 1.64 bits per heavy atom. The Morgan fingerprint density at radius 2 is 2.45 bits per heavy atom. The molecule has 0 radical (unpaired) electrons. The molecule has 3 heteroatoms. The standard InChI is InChI=1S/C8H18N2S/c1-8(3-4-9-7-8)10-5-6-11-2/h9-10H,3-7H2,1-2H3. The smallest absolute Gasteiger partial charge is 0.0290 e. The molecule has 0 aromatic heterocycles. The van der Waals surface area contributed by atoms with Gasteiger partial charge in [-0.3, -0.25) is 0 Å². The van der Waals surface area contributed by atoms with Crippen LogP contribution in [0, 0.1) is 0 Å². The number of nitrogens with one attached hydrogen (secondary N) is 2. The van der Waals surface area contributed by atoms with E-state index in [9.17, 15) is 0 Å². The van der Waals surface area contributed by atoms with Gasteiger partial charge in [0, 0.05) is 24.4 Å². The fourth-order valence-electron chi connectivity index (χ4n) is 1.42. The highest BCUT2D eigenvalue weighted by molar-refractivity contribution is 7.98. The van der Waals surface area contributed by atoms with E-state index in [0.29, 0.717) is 5.54 Å². The van der Waals surface area contributed by atoms with E-state index in [0.717, 1.165) is 13.1 Å². The lowest BCUT2D eigenvalue weighted by Gasteiger charge is -2.24. The fraction of sp³-hybridized carbons (Fsp3) is 1.00. The van der Waals surface area contributed by atoms with Crippen molar-refractivity contribution in [2.45, 2.75) is 18.9 Å². The lowest BCUT2D eigenvalue weighted by atomic mass is 10.0. The van der Waals surface area contributed by atoms with Crippen molar-refractivity contribution in [3.8, 4) is 0 Å². The molecule has 1 unspecified atom stereocenters. The maximum absolute atomic E-state index is 3.58. The monoisotopic (exact) mass is 174 g/mol. The van der Waals surface area contributed by atoms with Gasteiger partial charge >= 0.3 is 0 Å². The van der Waals surface area contributed by atoms with Crippen LogP contribution in [0.3, 0.4) is 0 Å². The first kappa shape index (κ1) is 9.36. The second kappa shape index (κ2) is 4.33. The van der Waals surface area contributed by atoms with Crippen LogP contribution in [0.2, 0.25) is 0 Å². The molecular weight excluding hydrogens is 156 g/mol. The molecule has 1 rings (SSSR count). The van der Waals surface area contributed by atoms with E-state index in [4.69, 9.17) is 0 Å². The van der Waals surface area contributed by atoms with Crippen LogP contribution >= 0.6 is 11.8 Å². The molecule has 11 heavy (non-hydrogen) atoms. The van der Waals surface area contributed by atoms with Gasteiger partial charge in [-0.1, -0.05) is 0 Å². The quantitative estimate of drug-likeness (QED) is 0.613. The molecule has 0 amide bonds. The van der Waals surface area contributed by atoms with Crippen LogP contribution in [0.15, 0.2) is 0 Å². The van der Waals surface area contributed by atoms with Crippen molar-refractivity contribution in [1.82, 2.24) is 10.6 Å². The van der Waals surface area contributed by atoms with Crippen LogP contribution in [0.25, 0.3) is 0 Å². The zero-order valence-electron chi connectivity index (χ0n) is 7.44. The van der Waals surface area contributed by atoms with Gasteiger partial charge in [0.1, 0.15) is 0 Å². The second-order valence-electron chi connectivity index (χ2n) is 3.41. The number of hydrogen-bond donors (Lipinski definition) is 2. The van der Waals surface area contributed by atoms with Crippen LogP contribution in [-0.4, -0.2) is 37.2 Å². The third-order valence-electron chi connectivity index (χ3n) is 2.23. The maximum Gasteiger partial charge on any atom is 0.0290 e. The highest BCUT2D eigenvalue weighted by atomic mass is 32.2. The molecule has 1 aliphatic heterocycles. The minimum atomic E-state index is 0.371. The maximum atomic E-state index is 3.58. The lowest BCUT2D eigenvalue weighted by Crippen LogP contribution is -2.45. The zero-order chi connectivity index (χ0) is 8.16. The van der Waals surface area contributed by atoms with Crippen molar-refractivity contribution in [3.63, 3.8) is 0 Å². The molecule has 0 aliphatic carbocycles. The van der Waals surface area contributed by atoms with Crippen molar-refractivity contribution in [1.29, 1.82) is 0 Å². The molecule has 0 aromatic carbocycles. The van der Waals surface area contributed by atoms with Gasteiger partial charge in [0.2, 0.25) is 0 Å². The summed E-state index contributed by atoms with van der Waals surface area (Å²) in [5.41, 5.74) is 0.371. The van der Waals surface area contributed by atoms with Crippen molar-refractivity contribution in [3.05, 3.63) is 0 Å². The molecule has 2 nitrogen and oxygen atoms in total. The largest absolute Gasteiger partial charge is 0.315 e. The van der Waals surface area contributed by atoms with Crippen LogP contribution < -0.4 is 10.6 Å². The van der Waals surface area contributed by atoms with Gasteiger partial charge in [-0.05, 0) is 26.1 Å². The highest BCUT2D eigenvalue weighted by Crippen LogP contribution is 2.12. The topological polar surface area (TPSA) is 24.1 Å². The summed E-state index contributed by atoms with van der Waals surface area (Å²) >= 11 is 1.90. The van der Waals surface area contributed by atoms with Crippen molar-refractivity contribution in [2.75, 3.05) is 31.6 Å². The summed E-state index contributed by atoms with van der Waals surface area (Å²) in [4.78, 5) is 0. The lowest BCUT2D eigenvalue weighted by molar-refractivity contribution is 0.400. The first-order chi connectivity index (χ1) is 5.27. The molecule has 0 aromatic rings. The first-order valence-electron chi connectivity index (χ1n) is 4.21. The summed E-state index contributed by atoms with van der Waals surface area (Å²) in [5, 5.41) is 6.95. The van der Waals surface area contributed by atoms with Crippen molar-refractivity contribution < 1.29 is 0 Å². The normalized spacial score (nSPS) is 31.1. The third kappa shape index (κ3) is 3.01. The molecule has 1 heterocycles. The van der Waals surface area contributed by atoms with E-state index in [-0.39, 0.29) is 0 Å². The molecule has 0 saturated carbocycles. The minimum Gasteiger partial charge on any atom is -0.315 e. The second-order valence-corrected chi connectivity index (χ2v) is 4.39. The van der Waals surface area contributed by atoms with Gasteiger partial charge in [-0.2, -0.15) is 11.8 Å². The Kier molecular flexibility index (Phi) is 3.69. The number of thioether (sulfide) groups is 1. The molecule has 1 fully saturated rings. The molecular formula is C8H18N2S. The average Bonchev–Trinajstić information content (AvgIpc) is 2.38. The molecule has 66 valence electrons. The Hall–Kier alpha value is 0.270. The number of hydrogen-bond acceptors (Lipinski definition) is 3. The van der Waals surface area contributed by atoms with Gasteiger partial charge in [0.15, 0.2) is 0 Å². The highest BCUT2D eigenvalue weighted by Gasteiger charge is 2.26. The first-order valence-corrected chi connectivity index (χ1v) is 5.61. The van der Waals surface area contributed by atoms with Gasteiger partial charge in [-0.25, -0.2) is 0 Å². The van der Waals surface area contributed by atoms with E-state index in [1.165, 1.54) is 18.7 Å². The van der Waals surface area contributed by atoms with E-state index in [2.05, 4.69) is 23.8 Å². The predicted molar refractivity (Wildman–Crippen MR) is 52.3 cm³/mol. The fourth-order valence-corrected chi connectivity index (χ4v) is 1.73.